The Hall–Kier alpha value is -1.13. The summed E-state index contributed by atoms with van der Waals surface area (Å²) in [4.78, 5) is 8.96. The second-order valence-corrected chi connectivity index (χ2v) is 4.31. The van der Waals surface area contributed by atoms with Crippen LogP contribution >= 0.6 is 0 Å². The molecule has 1 aromatic rings. The molecule has 0 amide bonds. The summed E-state index contributed by atoms with van der Waals surface area (Å²) in [7, 11) is 8.19. The Bertz CT molecular complexity index is 312. The third kappa shape index (κ3) is 4.59. The van der Waals surface area contributed by atoms with E-state index in [1.54, 1.807) is 0 Å². The fourth-order valence-corrected chi connectivity index (χ4v) is 1.43. The molecule has 4 heteroatoms. The molecule has 1 aromatic heterocycles. The van der Waals surface area contributed by atoms with Gasteiger partial charge in [-0.2, -0.15) is 0 Å². The molecule has 0 aliphatic heterocycles. The summed E-state index contributed by atoms with van der Waals surface area (Å²) in [6, 6.07) is 6.07. The van der Waals surface area contributed by atoms with E-state index in [2.05, 4.69) is 47.3 Å². The van der Waals surface area contributed by atoms with E-state index in [-0.39, 0.29) is 0 Å². The minimum Gasteiger partial charge on any atom is -0.373 e. The quantitative estimate of drug-likeness (QED) is 0.781. The summed E-state index contributed by atoms with van der Waals surface area (Å²) < 4.78 is 0. The standard InChI is InChI=1S/C12H22N4/c1-13-12-7-5-6-11(14-12)10-16(4)9-8-15(2)3/h5-7H,8-10H2,1-4H3,(H,13,14). The van der Waals surface area contributed by atoms with Crippen molar-refractivity contribution in [2.45, 2.75) is 6.54 Å². The van der Waals surface area contributed by atoms with Gasteiger partial charge in [-0.1, -0.05) is 6.07 Å². The van der Waals surface area contributed by atoms with E-state index in [0.29, 0.717) is 0 Å². The van der Waals surface area contributed by atoms with Gasteiger partial charge in [-0.15, -0.1) is 0 Å². The topological polar surface area (TPSA) is 31.4 Å². The second kappa shape index (κ2) is 6.45. The minimum absolute atomic E-state index is 0.892. The number of pyridine rings is 1. The smallest absolute Gasteiger partial charge is 0.126 e. The third-order valence-electron chi connectivity index (χ3n) is 2.42. The molecular weight excluding hydrogens is 200 g/mol. The molecule has 16 heavy (non-hydrogen) atoms. The van der Waals surface area contributed by atoms with E-state index in [1.165, 1.54) is 0 Å². The average Bonchev–Trinajstić information content (AvgIpc) is 2.26. The van der Waals surface area contributed by atoms with Crippen LogP contribution in [-0.2, 0) is 6.54 Å². The summed E-state index contributed by atoms with van der Waals surface area (Å²) in [6.45, 7) is 3.02. The average molecular weight is 222 g/mol. The fraction of sp³-hybridized carbons (Fsp3) is 0.583. The van der Waals surface area contributed by atoms with Crippen molar-refractivity contribution in [2.24, 2.45) is 0 Å². The molecule has 0 aliphatic carbocycles. The van der Waals surface area contributed by atoms with E-state index < -0.39 is 0 Å². The molecule has 0 unspecified atom stereocenters. The first-order valence-corrected chi connectivity index (χ1v) is 5.59. The van der Waals surface area contributed by atoms with Gasteiger partial charge in [0, 0.05) is 26.7 Å². The first-order chi connectivity index (χ1) is 7.61. The van der Waals surface area contributed by atoms with Gasteiger partial charge in [0.15, 0.2) is 0 Å². The van der Waals surface area contributed by atoms with Crippen LogP contribution in [0.2, 0.25) is 0 Å². The minimum atomic E-state index is 0.892. The maximum Gasteiger partial charge on any atom is 0.126 e. The number of nitrogens with one attached hydrogen (secondary N) is 1. The van der Waals surface area contributed by atoms with Crippen LogP contribution < -0.4 is 5.32 Å². The van der Waals surface area contributed by atoms with E-state index >= 15 is 0 Å². The van der Waals surface area contributed by atoms with Gasteiger partial charge in [0.2, 0.25) is 0 Å². The van der Waals surface area contributed by atoms with Crippen molar-refractivity contribution in [2.75, 3.05) is 46.6 Å². The molecule has 0 bridgehead atoms. The van der Waals surface area contributed by atoms with Crippen molar-refractivity contribution >= 4 is 5.82 Å². The number of aromatic nitrogens is 1. The SMILES string of the molecule is CNc1cccc(CN(C)CCN(C)C)n1. The number of rotatable bonds is 6. The molecule has 0 saturated carbocycles. The molecule has 0 aliphatic rings. The van der Waals surface area contributed by atoms with E-state index in [1.807, 2.05) is 19.2 Å². The maximum atomic E-state index is 4.49. The van der Waals surface area contributed by atoms with Crippen molar-refractivity contribution in [1.29, 1.82) is 0 Å². The normalized spacial score (nSPS) is 11.1. The molecule has 0 atom stereocenters. The lowest BCUT2D eigenvalue weighted by atomic mass is 10.3. The molecule has 0 saturated heterocycles. The third-order valence-corrected chi connectivity index (χ3v) is 2.42. The van der Waals surface area contributed by atoms with Gasteiger partial charge in [0.05, 0.1) is 5.69 Å². The molecular formula is C12H22N4. The number of likely N-dealkylation sites (N-methyl/N-ethyl adjacent to an activating group) is 2. The van der Waals surface area contributed by atoms with Crippen molar-refractivity contribution in [1.82, 2.24) is 14.8 Å². The highest BCUT2D eigenvalue weighted by atomic mass is 15.2. The zero-order valence-electron chi connectivity index (χ0n) is 10.7. The molecule has 90 valence electrons. The highest BCUT2D eigenvalue weighted by Gasteiger charge is 2.02. The number of nitrogens with zero attached hydrogens (tertiary/aromatic N) is 3. The lowest BCUT2D eigenvalue weighted by Crippen LogP contribution is -2.28. The summed E-state index contributed by atoms with van der Waals surface area (Å²) in [5.74, 6) is 0.929. The Balaban J connectivity index is 2.45. The summed E-state index contributed by atoms with van der Waals surface area (Å²) >= 11 is 0. The zero-order chi connectivity index (χ0) is 12.0. The molecule has 0 aromatic carbocycles. The Morgan fingerprint density at radius 3 is 2.56 bits per heavy atom. The Morgan fingerprint density at radius 1 is 1.19 bits per heavy atom. The second-order valence-electron chi connectivity index (χ2n) is 4.31. The summed E-state index contributed by atoms with van der Waals surface area (Å²) in [5, 5.41) is 3.05. The largest absolute Gasteiger partial charge is 0.373 e. The summed E-state index contributed by atoms with van der Waals surface area (Å²) in [5.41, 5.74) is 1.10. The van der Waals surface area contributed by atoms with Gasteiger partial charge in [-0.05, 0) is 33.3 Å². The maximum absolute atomic E-state index is 4.49. The molecule has 0 fully saturated rings. The van der Waals surface area contributed by atoms with Crippen LogP contribution in [0, 0.1) is 0 Å². The van der Waals surface area contributed by atoms with E-state index in [9.17, 15) is 0 Å². The number of hydrogen-bond acceptors (Lipinski definition) is 4. The van der Waals surface area contributed by atoms with Crippen LogP contribution in [0.3, 0.4) is 0 Å². The predicted molar refractivity (Wildman–Crippen MR) is 68.7 cm³/mol. The van der Waals surface area contributed by atoms with E-state index in [4.69, 9.17) is 0 Å². The van der Waals surface area contributed by atoms with Gasteiger partial charge in [0.25, 0.3) is 0 Å². The van der Waals surface area contributed by atoms with Crippen LogP contribution in [0.15, 0.2) is 18.2 Å². The Morgan fingerprint density at radius 2 is 1.94 bits per heavy atom. The number of hydrogen-bond donors (Lipinski definition) is 1. The van der Waals surface area contributed by atoms with Gasteiger partial charge in [-0.3, -0.25) is 4.90 Å². The van der Waals surface area contributed by atoms with Crippen molar-refractivity contribution < 1.29 is 0 Å². The first-order valence-electron chi connectivity index (χ1n) is 5.59. The lowest BCUT2D eigenvalue weighted by molar-refractivity contribution is 0.274. The molecule has 0 spiro atoms. The fourth-order valence-electron chi connectivity index (χ4n) is 1.43. The van der Waals surface area contributed by atoms with Gasteiger partial charge >= 0.3 is 0 Å². The number of anilines is 1. The monoisotopic (exact) mass is 222 g/mol. The van der Waals surface area contributed by atoms with Crippen molar-refractivity contribution in [3.05, 3.63) is 23.9 Å². The molecule has 4 nitrogen and oxygen atoms in total. The van der Waals surface area contributed by atoms with Crippen LogP contribution in [-0.4, -0.2) is 56.1 Å². The van der Waals surface area contributed by atoms with Crippen molar-refractivity contribution in [3.63, 3.8) is 0 Å². The van der Waals surface area contributed by atoms with Crippen LogP contribution in [0.5, 0.6) is 0 Å². The highest BCUT2D eigenvalue weighted by Crippen LogP contribution is 2.05. The molecule has 1 heterocycles. The van der Waals surface area contributed by atoms with Gasteiger partial charge in [-0.25, -0.2) is 4.98 Å². The van der Waals surface area contributed by atoms with E-state index in [0.717, 1.165) is 31.1 Å². The predicted octanol–water partition coefficient (Wildman–Crippen LogP) is 1.12. The Kier molecular flexibility index (Phi) is 5.22. The zero-order valence-corrected chi connectivity index (χ0v) is 10.7. The highest BCUT2D eigenvalue weighted by molar-refractivity contribution is 5.34. The van der Waals surface area contributed by atoms with Crippen molar-refractivity contribution in [3.8, 4) is 0 Å². The van der Waals surface area contributed by atoms with Crippen LogP contribution in [0.25, 0.3) is 0 Å². The lowest BCUT2D eigenvalue weighted by Gasteiger charge is -2.19. The molecule has 0 radical (unpaired) electrons. The van der Waals surface area contributed by atoms with Gasteiger partial charge < -0.3 is 10.2 Å². The van der Waals surface area contributed by atoms with Crippen LogP contribution in [0.1, 0.15) is 5.69 Å². The first kappa shape index (κ1) is 12.9. The summed E-state index contributed by atoms with van der Waals surface area (Å²) in [6.07, 6.45) is 0. The van der Waals surface area contributed by atoms with Crippen LogP contribution in [0.4, 0.5) is 5.82 Å². The van der Waals surface area contributed by atoms with Gasteiger partial charge in [0.1, 0.15) is 5.82 Å². The molecule has 1 N–H and O–H groups in total. The molecule has 1 rings (SSSR count). The Labute approximate surface area is 98.3 Å².